The number of benzene rings is 4. The van der Waals surface area contributed by atoms with Crippen LogP contribution >= 0.6 is 0 Å². The van der Waals surface area contributed by atoms with Crippen molar-refractivity contribution in [1.82, 2.24) is 0 Å². The van der Waals surface area contributed by atoms with Crippen LogP contribution in [0.3, 0.4) is 0 Å². The maximum absolute atomic E-state index is 13.3. The molecule has 1 amide bonds. The van der Waals surface area contributed by atoms with Crippen LogP contribution in [-0.4, -0.2) is 16.8 Å². The second kappa shape index (κ2) is 8.68. The van der Waals surface area contributed by atoms with Crippen molar-refractivity contribution in [3.05, 3.63) is 119 Å². The van der Waals surface area contributed by atoms with Gasteiger partial charge in [-0.2, -0.15) is 13.2 Å². The smallest absolute Gasteiger partial charge is 0.416 e. The third-order valence-electron chi connectivity index (χ3n) is 6.32. The Morgan fingerprint density at radius 1 is 0.861 bits per heavy atom. The molecule has 5 rings (SSSR count). The van der Waals surface area contributed by atoms with Gasteiger partial charge in [0.1, 0.15) is 5.76 Å². The Balaban J connectivity index is 1.74. The summed E-state index contributed by atoms with van der Waals surface area (Å²) < 4.78 is 39.4. The molecule has 4 aromatic carbocycles. The molecule has 1 fully saturated rings. The number of carbonyl (C=O) groups is 2. The zero-order valence-electron chi connectivity index (χ0n) is 19.1. The van der Waals surface area contributed by atoms with Gasteiger partial charge >= 0.3 is 6.18 Å². The molecule has 1 aliphatic heterocycles. The highest BCUT2D eigenvalue weighted by molar-refractivity contribution is 6.51. The Bertz CT molecular complexity index is 1530. The Kier molecular flexibility index (Phi) is 5.63. The lowest BCUT2D eigenvalue weighted by Crippen LogP contribution is -2.29. The van der Waals surface area contributed by atoms with Gasteiger partial charge in [-0.15, -0.1) is 0 Å². The Morgan fingerprint density at radius 3 is 2.22 bits per heavy atom. The lowest BCUT2D eigenvalue weighted by atomic mass is 9.92. The molecule has 1 saturated heterocycles. The van der Waals surface area contributed by atoms with Crippen LogP contribution in [0.4, 0.5) is 18.9 Å². The quantitative estimate of drug-likeness (QED) is 0.197. The Hall–Kier alpha value is -4.39. The number of rotatable bonds is 3. The van der Waals surface area contributed by atoms with Crippen molar-refractivity contribution in [3.8, 4) is 0 Å². The van der Waals surface area contributed by atoms with Crippen LogP contribution in [0.25, 0.3) is 16.5 Å². The topological polar surface area (TPSA) is 57.6 Å². The Morgan fingerprint density at radius 2 is 1.53 bits per heavy atom. The number of hydrogen-bond acceptors (Lipinski definition) is 3. The number of nitrogens with zero attached hydrogens (tertiary/aromatic N) is 1. The van der Waals surface area contributed by atoms with E-state index in [2.05, 4.69) is 0 Å². The first-order chi connectivity index (χ1) is 17.2. The third kappa shape index (κ3) is 3.92. The molecule has 1 aliphatic rings. The van der Waals surface area contributed by atoms with Crippen molar-refractivity contribution in [1.29, 1.82) is 0 Å². The number of fused-ring (bicyclic) bond motifs is 1. The van der Waals surface area contributed by atoms with Crippen LogP contribution in [-0.2, 0) is 15.8 Å². The number of aryl methyl sites for hydroxylation is 1. The van der Waals surface area contributed by atoms with Gasteiger partial charge in [0.15, 0.2) is 0 Å². The van der Waals surface area contributed by atoms with Crippen LogP contribution < -0.4 is 4.90 Å². The lowest BCUT2D eigenvalue weighted by molar-refractivity contribution is -0.137. The van der Waals surface area contributed by atoms with Crippen molar-refractivity contribution in [2.45, 2.75) is 19.1 Å². The molecule has 0 aliphatic carbocycles. The number of anilines is 1. The summed E-state index contributed by atoms with van der Waals surface area (Å²) in [4.78, 5) is 27.8. The molecule has 36 heavy (non-hydrogen) atoms. The zero-order valence-corrected chi connectivity index (χ0v) is 19.1. The summed E-state index contributed by atoms with van der Waals surface area (Å²) in [6.07, 6.45) is -4.54. The maximum atomic E-state index is 13.3. The number of amides is 1. The normalized spacial score (nSPS) is 17.7. The fourth-order valence-corrected chi connectivity index (χ4v) is 4.64. The van der Waals surface area contributed by atoms with E-state index in [9.17, 15) is 27.9 Å². The van der Waals surface area contributed by atoms with Crippen molar-refractivity contribution in [3.63, 3.8) is 0 Å². The van der Waals surface area contributed by atoms with E-state index in [-0.39, 0.29) is 17.0 Å². The van der Waals surface area contributed by atoms with E-state index >= 15 is 0 Å². The predicted octanol–water partition coefficient (Wildman–Crippen LogP) is 6.79. The van der Waals surface area contributed by atoms with Gasteiger partial charge in [0.25, 0.3) is 11.7 Å². The van der Waals surface area contributed by atoms with Gasteiger partial charge < -0.3 is 5.11 Å². The van der Waals surface area contributed by atoms with Crippen molar-refractivity contribution >= 4 is 33.9 Å². The first kappa shape index (κ1) is 23.4. The van der Waals surface area contributed by atoms with Crippen molar-refractivity contribution in [2.24, 2.45) is 0 Å². The molecule has 180 valence electrons. The highest BCUT2D eigenvalue weighted by atomic mass is 19.4. The molecule has 0 aromatic heterocycles. The molecular formula is C29H20F3NO3. The molecule has 1 N–H and O–H groups in total. The van der Waals surface area contributed by atoms with E-state index < -0.39 is 29.5 Å². The van der Waals surface area contributed by atoms with Crippen LogP contribution in [0.5, 0.6) is 0 Å². The summed E-state index contributed by atoms with van der Waals surface area (Å²) in [7, 11) is 0. The lowest BCUT2D eigenvalue weighted by Gasteiger charge is -2.26. The second-order valence-corrected chi connectivity index (χ2v) is 8.65. The fraction of sp³-hybridized carbons (Fsp3) is 0.103. The van der Waals surface area contributed by atoms with Gasteiger partial charge in [-0.3, -0.25) is 14.5 Å². The Labute approximate surface area is 204 Å². The molecule has 0 spiro atoms. The van der Waals surface area contributed by atoms with E-state index in [0.29, 0.717) is 16.5 Å². The molecule has 1 heterocycles. The van der Waals surface area contributed by atoms with Crippen molar-refractivity contribution in [2.75, 3.05) is 4.90 Å². The van der Waals surface area contributed by atoms with E-state index in [1.54, 1.807) is 42.5 Å². The first-order valence-corrected chi connectivity index (χ1v) is 11.2. The highest BCUT2D eigenvalue weighted by Gasteiger charge is 2.47. The van der Waals surface area contributed by atoms with Gasteiger partial charge in [0, 0.05) is 11.3 Å². The largest absolute Gasteiger partial charge is 0.507 e. The number of aliphatic hydroxyl groups excluding tert-OH is 1. The van der Waals surface area contributed by atoms with Crippen LogP contribution in [0.15, 0.2) is 96.6 Å². The first-order valence-electron chi connectivity index (χ1n) is 11.2. The van der Waals surface area contributed by atoms with Crippen molar-refractivity contribution < 1.29 is 27.9 Å². The molecule has 0 bridgehead atoms. The number of hydrogen-bond donors (Lipinski definition) is 1. The SMILES string of the molecule is Cc1cccc(C2/C(=C(/O)c3cccc4ccccc34)C(=O)C(=O)N2c2ccc(C(F)(F)F)cc2)c1. The average Bonchev–Trinajstić information content (AvgIpc) is 3.13. The summed E-state index contributed by atoms with van der Waals surface area (Å²) >= 11 is 0. The summed E-state index contributed by atoms with van der Waals surface area (Å²) in [6.45, 7) is 1.85. The standard InChI is InChI=1S/C29H20F3NO3/c1-17-6-4-9-19(16-17)25-24(26(34)23-11-5-8-18-7-2-3-10-22(18)23)27(35)28(36)33(25)21-14-12-20(13-15-21)29(30,31)32/h2-16,25,34H,1H3/b26-24-. The molecule has 4 nitrogen and oxygen atoms in total. The molecule has 4 aromatic rings. The molecule has 7 heteroatoms. The fourth-order valence-electron chi connectivity index (χ4n) is 4.64. The number of aliphatic hydroxyl groups is 1. The molecular weight excluding hydrogens is 467 g/mol. The summed E-state index contributed by atoms with van der Waals surface area (Å²) in [5.74, 6) is -2.18. The van der Waals surface area contributed by atoms with E-state index in [0.717, 1.165) is 40.1 Å². The number of alkyl halides is 3. The predicted molar refractivity (Wildman–Crippen MR) is 131 cm³/mol. The van der Waals surface area contributed by atoms with Crippen LogP contribution in [0, 0.1) is 6.92 Å². The van der Waals surface area contributed by atoms with Gasteiger partial charge in [0.05, 0.1) is 17.2 Å². The molecule has 0 saturated carbocycles. The second-order valence-electron chi connectivity index (χ2n) is 8.65. The summed E-state index contributed by atoms with van der Waals surface area (Å²) in [6, 6.07) is 22.7. The number of carbonyl (C=O) groups excluding carboxylic acids is 2. The van der Waals surface area contributed by atoms with E-state index in [1.165, 1.54) is 0 Å². The van der Waals surface area contributed by atoms with Crippen LogP contribution in [0.1, 0.15) is 28.3 Å². The average molecular weight is 487 g/mol. The third-order valence-corrected chi connectivity index (χ3v) is 6.32. The molecule has 1 atom stereocenters. The molecule has 1 unspecified atom stereocenters. The van der Waals surface area contributed by atoms with Gasteiger partial charge in [-0.1, -0.05) is 72.3 Å². The van der Waals surface area contributed by atoms with Gasteiger partial charge in [-0.05, 0) is 47.5 Å². The minimum absolute atomic E-state index is 0.119. The van der Waals surface area contributed by atoms with Gasteiger partial charge in [-0.25, -0.2) is 0 Å². The van der Waals surface area contributed by atoms with E-state index in [4.69, 9.17) is 0 Å². The summed E-state index contributed by atoms with van der Waals surface area (Å²) in [5, 5.41) is 13.0. The highest BCUT2D eigenvalue weighted by Crippen LogP contribution is 2.43. The maximum Gasteiger partial charge on any atom is 0.416 e. The number of Topliss-reactive ketones (excluding diaryl/α,β-unsaturated/α-hetero) is 1. The number of halogens is 3. The minimum atomic E-state index is -4.54. The zero-order chi connectivity index (χ0) is 25.6. The van der Waals surface area contributed by atoms with E-state index in [1.807, 2.05) is 31.2 Å². The molecule has 0 radical (unpaired) electrons. The summed E-state index contributed by atoms with van der Waals surface area (Å²) in [5.41, 5.74) is 0.920. The van der Waals surface area contributed by atoms with Crippen LogP contribution in [0.2, 0.25) is 0 Å². The monoisotopic (exact) mass is 487 g/mol. The minimum Gasteiger partial charge on any atom is -0.507 e. The van der Waals surface area contributed by atoms with Gasteiger partial charge in [0.2, 0.25) is 0 Å². The number of ketones is 1.